The minimum Gasteiger partial charge on any atom is -0.483 e. The van der Waals surface area contributed by atoms with E-state index < -0.39 is 18.5 Å². The van der Waals surface area contributed by atoms with Crippen LogP contribution in [0.2, 0.25) is 0 Å². The molecular weight excluding hydrogens is 340 g/mol. The van der Waals surface area contributed by atoms with Crippen molar-refractivity contribution in [2.24, 2.45) is 0 Å². The summed E-state index contributed by atoms with van der Waals surface area (Å²) in [7, 11) is 2.93. The van der Waals surface area contributed by atoms with Gasteiger partial charge in [-0.2, -0.15) is 0 Å². The van der Waals surface area contributed by atoms with E-state index in [1.165, 1.54) is 19.0 Å². The molecule has 1 N–H and O–H groups in total. The molecule has 0 aromatic heterocycles. The van der Waals surface area contributed by atoms with E-state index in [0.29, 0.717) is 11.5 Å². The van der Waals surface area contributed by atoms with E-state index in [4.69, 9.17) is 14.2 Å². The van der Waals surface area contributed by atoms with Crippen molar-refractivity contribution in [3.63, 3.8) is 0 Å². The number of hydrogen-bond acceptors (Lipinski definition) is 6. The number of likely N-dealkylation sites (N-methyl/N-ethyl adjacent to an activating group) is 2. The van der Waals surface area contributed by atoms with Crippen molar-refractivity contribution >= 4 is 17.8 Å². The number of amides is 2. The number of para-hydroxylation sites is 1. The molecular formula is C18H24N2O6. The van der Waals surface area contributed by atoms with E-state index in [2.05, 4.69) is 5.32 Å². The van der Waals surface area contributed by atoms with Gasteiger partial charge in [-0.1, -0.05) is 12.1 Å². The summed E-state index contributed by atoms with van der Waals surface area (Å²) in [6.45, 7) is 3.06. The van der Waals surface area contributed by atoms with Crippen LogP contribution in [-0.2, 0) is 25.5 Å². The Morgan fingerprint density at radius 1 is 1.27 bits per heavy atom. The van der Waals surface area contributed by atoms with Gasteiger partial charge in [0.15, 0.2) is 24.7 Å². The van der Waals surface area contributed by atoms with Gasteiger partial charge in [-0.05, 0) is 19.9 Å². The normalized spacial score (nSPS) is 14.0. The quantitative estimate of drug-likeness (QED) is 0.709. The molecule has 0 radical (unpaired) electrons. The van der Waals surface area contributed by atoms with Crippen molar-refractivity contribution in [2.45, 2.75) is 25.9 Å². The number of nitrogens with one attached hydrogen (secondary N) is 1. The highest BCUT2D eigenvalue weighted by atomic mass is 16.6. The van der Waals surface area contributed by atoms with Crippen LogP contribution in [0.15, 0.2) is 18.2 Å². The maximum absolute atomic E-state index is 11.8. The van der Waals surface area contributed by atoms with Crippen molar-refractivity contribution in [3.8, 4) is 11.5 Å². The summed E-state index contributed by atoms with van der Waals surface area (Å²) in [5.74, 6) is -0.370. The van der Waals surface area contributed by atoms with E-state index in [-0.39, 0.29) is 24.7 Å². The van der Waals surface area contributed by atoms with Crippen LogP contribution in [0.3, 0.4) is 0 Å². The number of carbonyl (C=O) groups excluding carboxylic acids is 3. The molecule has 1 aliphatic rings. The second-order valence-corrected chi connectivity index (χ2v) is 6.66. The number of carbonyl (C=O) groups is 3. The highest BCUT2D eigenvalue weighted by molar-refractivity contribution is 5.86. The van der Waals surface area contributed by atoms with Crippen LogP contribution in [0.25, 0.3) is 0 Å². The van der Waals surface area contributed by atoms with Crippen LogP contribution in [-0.4, -0.2) is 62.1 Å². The van der Waals surface area contributed by atoms with Gasteiger partial charge in [0, 0.05) is 26.1 Å². The molecule has 0 aliphatic carbocycles. The molecule has 1 aromatic rings. The van der Waals surface area contributed by atoms with Gasteiger partial charge in [-0.15, -0.1) is 0 Å². The molecule has 0 saturated carbocycles. The topological polar surface area (TPSA) is 94.2 Å². The number of benzene rings is 1. The number of hydrogen-bond donors (Lipinski definition) is 1. The van der Waals surface area contributed by atoms with Gasteiger partial charge in [0.05, 0.1) is 6.54 Å². The van der Waals surface area contributed by atoms with E-state index in [1.807, 2.05) is 26.0 Å². The Hall–Kier alpha value is -2.77. The second-order valence-electron chi connectivity index (χ2n) is 6.66. The van der Waals surface area contributed by atoms with Crippen molar-refractivity contribution in [3.05, 3.63) is 23.8 Å². The lowest BCUT2D eigenvalue weighted by atomic mass is 10.0. The van der Waals surface area contributed by atoms with Crippen molar-refractivity contribution < 1.29 is 28.6 Å². The molecule has 0 spiro atoms. The number of rotatable bonds is 7. The molecule has 8 heteroatoms. The van der Waals surface area contributed by atoms with Crippen molar-refractivity contribution in [1.29, 1.82) is 0 Å². The number of fused-ring (bicyclic) bond motifs is 1. The molecule has 142 valence electrons. The monoisotopic (exact) mass is 364 g/mol. The minimum absolute atomic E-state index is 0.105. The van der Waals surface area contributed by atoms with Crippen LogP contribution in [0, 0.1) is 0 Å². The predicted octanol–water partition coefficient (Wildman–Crippen LogP) is 0.527. The third kappa shape index (κ3) is 5.11. The average molecular weight is 364 g/mol. The van der Waals surface area contributed by atoms with Gasteiger partial charge in [0.25, 0.3) is 5.91 Å². The molecule has 8 nitrogen and oxygen atoms in total. The Balaban J connectivity index is 1.81. The first-order chi connectivity index (χ1) is 12.2. The number of esters is 1. The first-order valence-electron chi connectivity index (χ1n) is 8.26. The lowest BCUT2D eigenvalue weighted by Crippen LogP contribution is -2.39. The van der Waals surface area contributed by atoms with Crippen LogP contribution < -0.4 is 14.8 Å². The van der Waals surface area contributed by atoms with Gasteiger partial charge in [0.2, 0.25) is 5.91 Å². The van der Waals surface area contributed by atoms with Crippen molar-refractivity contribution in [1.82, 2.24) is 10.2 Å². The average Bonchev–Trinajstić information content (AvgIpc) is 2.91. The largest absolute Gasteiger partial charge is 0.483 e. The predicted molar refractivity (Wildman–Crippen MR) is 93.0 cm³/mol. The number of ether oxygens (including phenoxy) is 3. The van der Waals surface area contributed by atoms with Gasteiger partial charge in [-0.3, -0.25) is 9.59 Å². The third-order valence-corrected chi connectivity index (χ3v) is 3.84. The summed E-state index contributed by atoms with van der Waals surface area (Å²) in [4.78, 5) is 36.0. The third-order valence-electron chi connectivity index (χ3n) is 3.84. The van der Waals surface area contributed by atoms with E-state index in [0.717, 1.165) is 12.0 Å². The van der Waals surface area contributed by atoms with Crippen LogP contribution >= 0.6 is 0 Å². The minimum atomic E-state index is -0.679. The summed E-state index contributed by atoms with van der Waals surface area (Å²) in [6, 6.07) is 5.51. The van der Waals surface area contributed by atoms with Crippen LogP contribution in [0.1, 0.15) is 19.4 Å². The van der Waals surface area contributed by atoms with E-state index in [9.17, 15) is 14.4 Å². The van der Waals surface area contributed by atoms with Crippen LogP contribution in [0.5, 0.6) is 11.5 Å². The van der Waals surface area contributed by atoms with Crippen LogP contribution in [0.4, 0.5) is 0 Å². The zero-order valence-corrected chi connectivity index (χ0v) is 15.5. The summed E-state index contributed by atoms with van der Waals surface area (Å²) in [5, 5.41) is 2.41. The molecule has 1 aromatic carbocycles. The molecule has 1 heterocycles. The van der Waals surface area contributed by atoms with Gasteiger partial charge < -0.3 is 24.4 Å². The molecule has 2 amide bonds. The Bertz CT molecular complexity index is 701. The Morgan fingerprint density at radius 2 is 2.00 bits per heavy atom. The molecule has 26 heavy (non-hydrogen) atoms. The zero-order chi connectivity index (χ0) is 19.3. The molecule has 0 saturated heterocycles. The van der Waals surface area contributed by atoms with Gasteiger partial charge >= 0.3 is 5.97 Å². The SMILES string of the molecule is CNC(=O)CN(C)C(=O)COC(=O)COc1cccc2c1OC(C)(C)C2. The maximum atomic E-state index is 11.8. The van der Waals surface area contributed by atoms with Crippen molar-refractivity contribution in [2.75, 3.05) is 33.9 Å². The molecule has 1 aliphatic heterocycles. The van der Waals surface area contributed by atoms with Gasteiger partial charge in [-0.25, -0.2) is 4.79 Å². The first-order valence-corrected chi connectivity index (χ1v) is 8.26. The standard InChI is InChI=1S/C18H24N2O6/c1-18(2)8-12-6-5-7-13(17(12)26-18)24-11-16(23)25-10-15(22)20(4)9-14(21)19-3/h5-7H,8-11H2,1-4H3,(H,19,21). The first kappa shape index (κ1) is 19.6. The molecule has 0 atom stereocenters. The molecule has 0 fully saturated rings. The Morgan fingerprint density at radius 3 is 2.69 bits per heavy atom. The Labute approximate surface area is 152 Å². The van der Waals surface area contributed by atoms with E-state index >= 15 is 0 Å². The fourth-order valence-electron chi connectivity index (χ4n) is 2.51. The highest BCUT2D eigenvalue weighted by Gasteiger charge is 2.32. The number of nitrogens with zero attached hydrogens (tertiary/aromatic N) is 1. The molecule has 2 rings (SSSR count). The Kier molecular flexibility index (Phi) is 6.07. The smallest absolute Gasteiger partial charge is 0.344 e. The van der Waals surface area contributed by atoms with E-state index in [1.54, 1.807) is 6.07 Å². The second kappa shape index (κ2) is 8.07. The lowest BCUT2D eigenvalue weighted by molar-refractivity contribution is -0.153. The summed E-state index contributed by atoms with van der Waals surface area (Å²) >= 11 is 0. The highest BCUT2D eigenvalue weighted by Crippen LogP contribution is 2.41. The lowest BCUT2D eigenvalue weighted by Gasteiger charge is -2.18. The summed E-state index contributed by atoms with van der Waals surface area (Å²) in [5.41, 5.74) is 0.705. The van der Waals surface area contributed by atoms with Gasteiger partial charge in [0.1, 0.15) is 5.60 Å². The summed E-state index contributed by atoms with van der Waals surface area (Å²) in [6.07, 6.45) is 0.760. The zero-order valence-electron chi connectivity index (χ0n) is 15.5. The molecule has 0 bridgehead atoms. The molecule has 0 unspecified atom stereocenters. The fourth-order valence-corrected chi connectivity index (χ4v) is 2.51. The summed E-state index contributed by atoms with van der Waals surface area (Å²) < 4.78 is 16.2. The maximum Gasteiger partial charge on any atom is 0.344 e. The fraction of sp³-hybridized carbons (Fsp3) is 0.500.